The van der Waals surface area contributed by atoms with Gasteiger partial charge in [-0.3, -0.25) is 0 Å². The Hall–Kier alpha value is -1.61. The van der Waals surface area contributed by atoms with Gasteiger partial charge in [0, 0.05) is 5.39 Å². The molecule has 0 radical (unpaired) electrons. The topological polar surface area (TPSA) is 39.2 Å². The van der Waals surface area contributed by atoms with Crippen LogP contribution in [-0.2, 0) is 11.2 Å². The molecule has 0 amide bonds. The smallest absolute Gasteiger partial charge is 0.356 e. The van der Waals surface area contributed by atoms with Gasteiger partial charge in [-0.05, 0) is 18.1 Å². The van der Waals surface area contributed by atoms with Gasteiger partial charge in [-0.15, -0.1) is 0 Å². The van der Waals surface area contributed by atoms with E-state index in [1.807, 2.05) is 18.2 Å². The molecule has 18 heavy (non-hydrogen) atoms. The maximum Gasteiger partial charge on any atom is 0.356 e. The number of hydrogen-bond acceptors (Lipinski definition) is 3. The Labute approximate surface area is 111 Å². The fourth-order valence-electron chi connectivity index (χ4n) is 1.95. The van der Waals surface area contributed by atoms with E-state index in [9.17, 15) is 4.79 Å². The van der Waals surface area contributed by atoms with Crippen LogP contribution >= 0.6 is 11.6 Å². The number of carbonyl (C=O) groups excluding carboxylic acids is 1. The molecule has 0 atom stereocenters. The number of halogens is 1. The van der Waals surface area contributed by atoms with E-state index in [4.69, 9.17) is 11.6 Å². The van der Waals surface area contributed by atoms with Gasteiger partial charge >= 0.3 is 5.97 Å². The van der Waals surface area contributed by atoms with Gasteiger partial charge in [-0.25, -0.2) is 9.78 Å². The predicted molar refractivity (Wildman–Crippen MR) is 72.1 cm³/mol. The number of ether oxygens (including phenoxy) is 1. The van der Waals surface area contributed by atoms with Crippen molar-refractivity contribution in [1.29, 1.82) is 0 Å². The Morgan fingerprint density at radius 2 is 2.22 bits per heavy atom. The number of fused-ring (bicyclic) bond motifs is 1. The molecular formula is C14H14ClNO2. The summed E-state index contributed by atoms with van der Waals surface area (Å²) >= 11 is 6.19. The summed E-state index contributed by atoms with van der Waals surface area (Å²) < 4.78 is 4.68. The van der Waals surface area contributed by atoms with Crippen molar-refractivity contribution in [2.75, 3.05) is 7.11 Å². The zero-order valence-corrected chi connectivity index (χ0v) is 11.1. The van der Waals surface area contributed by atoms with E-state index in [0.29, 0.717) is 5.02 Å². The fraction of sp³-hybridized carbons (Fsp3) is 0.286. The Morgan fingerprint density at radius 1 is 1.44 bits per heavy atom. The highest BCUT2D eigenvalue weighted by molar-refractivity contribution is 6.35. The Kier molecular flexibility index (Phi) is 3.82. The molecule has 0 unspecified atom stereocenters. The fourth-order valence-corrected chi connectivity index (χ4v) is 2.20. The zero-order chi connectivity index (χ0) is 13.1. The minimum Gasteiger partial charge on any atom is -0.464 e. The second kappa shape index (κ2) is 5.36. The van der Waals surface area contributed by atoms with Crippen LogP contribution in [-0.4, -0.2) is 18.1 Å². The summed E-state index contributed by atoms with van der Waals surface area (Å²) in [4.78, 5) is 15.9. The van der Waals surface area contributed by atoms with Crippen LogP contribution in [0.15, 0.2) is 24.3 Å². The number of esters is 1. The SMILES string of the molecule is CCCc1cccc2c(Cl)cc(C(=O)OC)nc12. The molecule has 2 rings (SSSR count). The normalized spacial score (nSPS) is 10.6. The number of rotatable bonds is 3. The van der Waals surface area contributed by atoms with Gasteiger partial charge < -0.3 is 4.74 Å². The highest BCUT2D eigenvalue weighted by atomic mass is 35.5. The summed E-state index contributed by atoms with van der Waals surface area (Å²) in [7, 11) is 1.33. The first-order valence-electron chi connectivity index (χ1n) is 5.83. The van der Waals surface area contributed by atoms with E-state index < -0.39 is 5.97 Å². The second-order valence-corrected chi connectivity index (χ2v) is 4.45. The van der Waals surface area contributed by atoms with Crippen LogP contribution in [0.4, 0.5) is 0 Å². The largest absolute Gasteiger partial charge is 0.464 e. The van der Waals surface area contributed by atoms with Crippen LogP contribution in [0.2, 0.25) is 5.02 Å². The lowest BCUT2D eigenvalue weighted by Crippen LogP contribution is -2.05. The number of hydrogen-bond donors (Lipinski definition) is 0. The summed E-state index contributed by atoms with van der Waals surface area (Å²) in [6.45, 7) is 2.10. The third kappa shape index (κ3) is 2.31. The summed E-state index contributed by atoms with van der Waals surface area (Å²) in [6.07, 6.45) is 1.92. The first kappa shape index (κ1) is 12.8. The number of para-hydroxylation sites is 1. The van der Waals surface area contributed by atoms with Crippen molar-refractivity contribution in [1.82, 2.24) is 4.98 Å². The molecule has 4 heteroatoms. The van der Waals surface area contributed by atoms with Gasteiger partial charge in [0.05, 0.1) is 17.6 Å². The Balaban J connectivity index is 2.67. The summed E-state index contributed by atoms with van der Waals surface area (Å²) in [5, 5.41) is 1.40. The number of aryl methyl sites for hydroxylation is 1. The van der Waals surface area contributed by atoms with Crippen molar-refractivity contribution in [3.63, 3.8) is 0 Å². The van der Waals surface area contributed by atoms with E-state index in [-0.39, 0.29) is 5.69 Å². The maximum atomic E-state index is 11.5. The highest BCUT2D eigenvalue weighted by Crippen LogP contribution is 2.26. The Bertz CT molecular complexity index is 596. The van der Waals surface area contributed by atoms with E-state index in [0.717, 1.165) is 29.3 Å². The standard InChI is InChI=1S/C14H14ClNO2/c1-3-5-9-6-4-7-10-11(15)8-12(14(17)18-2)16-13(9)10/h4,6-8H,3,5H2,1-2H3. The molecule has 0 bridgehead atoms. The number of aromatic nitrogens is 1. The van der Waals surface area contributed by atoms with Gasteiger partial charge in [0.1, 0.15) is 0 Å². The van der Waals surface area contributed by atoms with Crippen LogP contribution in [0.5, 0.6) is 0 Å². The van der Waals surface area contributed by atoms with Crippen LogP contribution in [0.3, 0.4) is 0 Å². The third-order valence-corrected chi connectivity index (χ3v) is 3.10. The molecule has 0 aliphatic heterocycles. The predicted octanol–water partition coefficient (Wildman–Crippen LogP) is 3.63. The molecule has 0 saturated carbocycles. The monoisotopic (exact) mass is 263 g/mol. The number of pyridine rings is 1. The maximum absolute atomic E-state index is 11.5. The number of carbonyl (C=O) groups is 1. The molecule has 3 nitrogen and oxygen atoms in total. The van der Waals surface area contributed by atoms with Crippen molar-refractivity contribution in [2.45, 2.75) is 19.8 Å². The summed E-state index contributed by atoms with van der Waals surface area (Å²) in [6, 6.07) is 7.42. The van der Waals surface area contributed by atoms with Crippen molar-refractivity contribution in [3.8, 4) is 0 Å². The first-order chi connectivity index (χ1) is 8.67. The highest BCUT2D eigenvalue weighted by Gasteiger charge is 2.13. The Morgan fingerprint density at radius 3 is 2.89 bits per heavy atom. The number of benzene rings is 1. The van der Waals surface area contributed by atoms with Crippen LogP contribution < -0.4 is 0 Å². The van der Waals surface area contributed by atoms with Crippen LogP contribution in [0, 0.1) is 0 Å². The molecule has 0 saturated heterocycles. The molecule has 1 heterocycles. The lowest BCUT2D eigenvalue weighted by Gasteiger charge is -2.08. The van der Waals surface area contributed by atoms with Crippen molar-refractivity contribution in [3.05, 3.63) is 40.5 Å². The number of methoxy groups -OCH3 is 1. The average molecular weight is 264 g/mol. The van der Waals surface area contributed by atoms with Gasteiger partial charge in [0.15, 0.2) is 5.69 Å². The lowest BCUT2D eigenvalue weighted by atomic mass is 10.1. The number of nitrogens with zero attached hydrogens (tertiary/aromatic N) is 1. The molecule has 1 aromatic heterocycles. The summed E-state index contributed by atoms with van der Waals surface area (Å²) in [5.74, 6) is -0.467. The third-order valence-electron chi connectivity index (χ3n) is 2.79. The van der Waals surface area contributed by atoms with E-state index in [1.165, 1.54) is 7.11 Å². The van der Waals surface area contributed by atoms with Crippen molar-refractivity contribution < 1.29 is 9.53 Å². The van der Waals surface area contributed by atoms with E-state index >= 15 is 0 Å². The summed E-state index contributed by atoms with van der Waals surface area (Å²) in [5.41, 5.74) is 2.13. The molecule has 0 aliphatic rings. The first-order valence-corrected chi connectivity index (χ1v) is 6.21. The average Bonchev–Trinajstić information content (AvgIpc) is 2.39. The molecule has 0 spiro atoms. The van der Waals surface area contributed by atoms with Crippen molar-refractivity contribution >= 4 is 28.5 Å². The van der Waals surface area contributed by atoms with Gasteiger partial charge in [-0.1, -0.05) is 43.1 Å². The van der Waals surface area contributed by atoms with Crippen molar-refractivity contribution in [2.24, 2.45) is 0 Å². The molecular weight excluding hydrogens is 250 g/mol. The molecule has 2 aromatic rings. The van der Waals surface area contributed by atoms with Crippen LogP contribution in [0.25, 0.3) is 10.9 Å². The van der Waals surface area contributed by atoms with E-state index in [2.05, 4.69) is 16.6 Å². The van der Waals surface area contributed by atoms with Gasteiger partial charge in [0.25, 0.3) is 0 Å². The zero-order valence-electron chi connectivity index (χ0n) is 10.4. The molecule has 1 aromatic carbocycles. The quantitative estimate of drug-likeness (QED) is 0.794. The minimum atomic E-state index is -0.467. The molecule has 0 fully saturated rings. The molecule has 94 valence electrons. The minimum absolute atomic E-state index is 0.249. The van der Waals surface area contributed by atoms with E-state index in [1.54, 1.807) is 6.07 Å². The van der Waals surface area contributed by atoms with Gasteiger partial charge in [0.2, 0.25) is 0 Å². The van der Waals surface area contributed by atoms with Gasteiger partial charge in [-0.2, -0.15) is 0 Å². The molecule has 0 aliphatic carbocycles. The van der Waals surface area contributed by atoms with Crippen LogP contribution in [0.1, 0.15) is 29.4 Å². The lowest BCUT2D eigenvalue weighted by molar-refractivity contribution is 0.0594. The molecule has 0 N–H and O–H groups in total. The second-order valence-electron chi connectivity index (χ2n) is 4.04.